The van der Waals surface area contributed by atoms with Crippen molar-refractivity contribution in [3.8, 4) is 0 Å². The number of benzene rings is 1. The molecule has 0 aromatic heterocycles. The van der Waals surface area contributed by atoms with Crippen LogP contribution in [0, 0.1) is 11.7 Å². The summed E-state index contributed by atoms with van der Waals surface area (Å²) in [4.78, 5) is 23.2. The number of carbonyl (C=O) groups excluding carboxylic acids is 1. The van der Waals surface area contributed by atoms with Gasteiger partial charge in [0.1, 0.15) is 11.9 Å². The summed E-state index contributed by atoms with van der Waals surface area (Å²) in [6.45, 7) is 1.83. The topological polar surface area (TPSA) is 75.6 Å². The minimum atomic E-state index is -1.06. The van der Waals surface area contributed by atoms with Gasteiger partial charge in [-0.05, 0) is 49.1 Å². The highest BCUT2D eigenvalue weighted by Gasteiger charge is 2.40. The molecule has 3 rings (SSSR count). The van der Waals surface area contributed by atoms with Crippen molar-refractivity contribution >= 4 is 11.9 Å². The fourth-order valence-electron chi connectivity index (χ4n) is 3.56. The zero-order chi connectivity index (χ0) is 17.3. The van der Waals surface area contributed by atoms with Gasteiger partial charge in [-0.25, -0.2) is 9.18 Å². The maximum atomic E-state index is 14.6. The van der Waals surface area contributed by atoms with Gasteiger partial charge in [-0.1, -0.05) is 19.1 Å². The summed E-state index contributed by atoms with van der Waals surface area (Å²) in [5, 5.41) is 11.7. The number of aliphatic carboxylic acids is 1. The highest BCUT2D eigenvalue weighted by atomic mass is 19.1. The predicted octanol–water partition coefficient (Wildman–Crippen LogP) is 2.20. The Kier molecular flexibility index (Phi) is 4.85. The molecule has 0 spiro atoms. The second-order valence-corrected chi connectivity index (χ2v) is 6.70. The van der Waals surface area contributed by atoms with Gasteiger partial charge in [-0.15, -0.1) is 0 Å². The van der Waals surface area contributed by atoms with Crippen LogP contribution in [0.15, 0.2) is 12.1 Å². The van der Waals surface area contributed by atoms with Crippen LogP contribution in [0.1, 0.15) is 42.9 Å². The smallest absolute Gasteiger partial charge is 0.333 e. The third kappa shape index (κ3) is 3.29. The zero-order valence-corrected chi connectivity index (χ0v) is 13.7. The van der Waals surface area contributed by atoms with Crippen LogP contribution in [0.4, 0.5) is 4.39 Å². The van der Waals surface area contributed by atoms with E-state index in [2.05, 4.69) is 5.32 Å². The lowest BCUT2D eigenvalue weighted by molar-refractivity contribution is -0.153. The van der Waals surface area contributed by atoms with Crippen molar-refractivity contribution in [2.75, 3.05) is 0 Å². The fourth-order valence-corrected chi connectivity index (χ4v) is 3.56. The molecule has 3 atom stereocenters. The zero-order valence-electron chi connectivity index (χ0n) is 13.7. The maximum Gasteiger partial charge on any atom is 0.333 e. The number of hydrogen-bond donors (Lipinski definition) is 2. The molecular weight excluding hydrogens is 313 g/mol. The van der Waals surface area contributed by atoms with Crippen LogP contribution in [-0.4, -0.2) is 29.2 Å². The second kappa shape index (κ2) is 6.89. The van der Waals surface area contributed by atoms with E-state index in [1.165, 1.54) is 0 Å². The first-order valence-corrected chi connectivity index (χ1v) is 8.42. The molecule has 0 radical (unpaired) electrons. The molecular formula is C18H22FNO4. The average molecular weight is 335 g/mol. The van der Waals surface area contributed by atoms with Crippen molar-refractivity contribution in [3.05, 3.63) is 34.6 Å². The van der Waals surface area contributed by atoms with Gasteiger partial charge in [-0.3, -0.25) is 4.79 Å². The molecule has 1 amide bonds. The molecule has 6 heteroatoms. The molecule has 1 aromatic rings. The van der Waals surface area contributed by atoms with Crippen molar-refractivity contribution in [2.24, 2.45) is 5.92 Å². The van der Waals surface area contributed by atoms with Gasteiger partial charge in [0, 0.05) is 12.1 Å². The molecule has 0 bridgehead atoms. The number of aryl methyl sites for hydroxylation is 1. The number of amides is 1. The van der Waals surface area contributed by atoms with Crippen molar-refractivity contribution in [3.63, 3.8) is 0 Å². The Morgan fingerprint density at radius 2 is 2.08 bits per heavy atom. The van der Waals surface area contributed by atoms with Gasteiger partial charge >= 0.3 is 5.97 Å². The summed E-state index contributed by atoms with van der Waals surface area (Å²) in [6.07, 6.45) is 2.34. The summed E-state index contributed by atoms with van der Waals surface area (Å²) in [5.74, 6) is -1.89. The largest absolute Gasteiger partial charge is 0.479 e. The second-order valence-electron chi connectivity index (χ2n) is 6.70. The molecule has 0 unspecified atom stereocenters. The van der Waals surface area contributed by atoms with Crippen LogP contribution in [0.25, 0.3) is 0 Å². The Morgan fingerprint density at radius 3 is 2.79 bits per heavy atom. The summed E-state index contributed by atoms with van der Waals surface area (Å²) < 4.78 is 19.9. The van der Waals surface area contributed by atoms with E-state index in [9.17, 15) is 14.0 Å². The van der Waals surface area contributed by atoms with Crippen LogP contribution in [-0.2, 0) is 33.7 Å². The van der Waals surface area contributed by atoms with Gasteiger partial charge in [0.2, 0.25) is 5.91 Å². The summed E-state index contributed by atoms with van der Waals surface area (Å²) in [6, 6.07) is 3.66. The van der Waals surface area contributed by atoms with Gasteiger partial charge in [-0.2, -0.15) is 0 Å². The number of fused-ring (bicyclic) bond motifs is 1. The Morgan fingerprint density at radius 1 is 1.33 bits per heavy atom. The number of carboxylic acid groups (broad SMARTS) is 1. The molecule has 1 fully saturated rings. The van der Waals surface area contributed by atoms with E-state index in [-0.39, 0.29) is 24.2 Å². The van der Waals surface area contributed by atoms with E-state index in [0.717, 1.165) is 36.8 Å². The first-order valence-electron chi connectivity index (χ1n) is 8.42. The molecule has 5 nitrogen and oxygen atoms in total. The minimum Gasteiger partial charge on any atom is -0.479 e. The number of carboxylic acids is 1. The highest BCUT2D eigenvalue weighted by molar-refractivity contribution is 5.82. The minimum absolute atomic E-state index is 0.0872. The SMILES string of the molecule is C[C@@H]1C[C@H](C(=O)NCc2ccc3c(c2F)CCCC3)O[C@H]1C(=O)O. The fraction of sp³-hybridized carbons (Fsp3) is 0.556. The lowest BCUT2D eigenvalue weighted by Gasteiger charge is -2.18. The monoisotopic (exact) mass is 335 g/mol. The number of carbonyl (C=O) groups is 2. The summed E-state index contributed by atoms with van der Waals surface area (Å²) >= 11 is 0. The van der Waals surface area contributed by atoms with Crippen molar-refractivity contribution in [1.82, 2.24) is 5.32 Å². The van der Waals surface area contributed by atoms with E-state index in [0.29, 0.717) is 12.0 Å². The highest BCUT2D eigenvalue weighted by Crippen LogP contribution is 2.28. The average Bonchev–Trinajstić information content (AvgIpc) is 2.96. The van der Waals surface area contributed by atoms with Crippen molar-refractivity contribution < 1.29 is 23.8 Å². The van der Waals surface area contributed by atoms with Gasteiger partial charge < -0.3 is 15.2 Å². The Hall–Kier alpha value is -1.95. The molecule has 1 aromatic carbocycles. The first-order chi connectivity index (χ1) is 11.5. The van der Waals surface area contributed by atoms with Crippen LogP contribution in [0.3, 0.4) is 0 Å². The summed E-state index contributed by atoms with van der Waals surface area (Å²) in [5.41, 5.74) is 2.29. The van der Waals surface area contributed by atoms with Crippen molar-refractivity contribution in [1.29, 1.82) is 0 Å². The number of halogens is 1. The van der Waals surface area contributed by atoms with E-state index < -0.39 is 18.2 Å². The standard InChI is InChI=1S/C18H22FNO4/c1-10-8-14(24-16(10)18(22)23)17(21)20-9-12-7-6-11-4-2-3-5-13(11)15(12)19/h6-7,10,14,16H,2-5,8-9H2,1H3,(H,20,21)(H,22,23)/t10-,14-,16-/m1/s1. The van der Waals surface area contributed by atoms with Gasteiger partial charge in [0.25, 0.3) is 0 Å². The van der Waals surface area contributed by atoms with Crippen LogP contribution >= 0.6 is 0 Å². The molecule has 130 valence electrons. The third-order valence-electron chi connectivity index (χ3n) is 4.95. The van der Waals surface area contributed by atoms with Crippen molar-refractivity contribution in [2.45, 2.75) is 57.8 Å². The van der Waals surface area contributed by atoms with Gasteiger partial charge in [0.15, 0.2) is 6.10 Å². The molecule has 1 aliphatic carbocycles. The Labute approximate surface area is 140 Å². The van der Waals surface area contributed by atoms with E-state index >= 15 is 0 Å². The third-order valence-corrected chi connectivity index (χ3v) is 4.95. The number of ether oxygens (including phenoxy) is 1. The molecule has 1 aliphatic heterocycles. The molecule has 1 heterocycles. The Bertz CT molecular complexity index is 661. The number of hydrogen-bond acceptors (Lipinski definition) is 3. The molecule has 0 saturated carbocycles. The first kappa shape index (κ1) is 16.9. The van der Waals surface area contributed by atoms with Crippen LogP contribution in [0.5, 0.6) is 0 Å². The summed E-state index contributed by atoms with van der Waals surface area (Å²) in [7, 11) is 0. The van der Waals surface area contributed by atoms with Crippen LogP contribution < -0.4 is 5.32 Å². The normalized spacial score (nSPS) is 26.0. The number of rotatable bonds is 4. The molecule has 24 heavy (non-hydrogen) atoms. The van der Waals surface area contributed by atoms with E-state index in [1.807, 2.05) is 6.07 Å². The van der Waals surface area contributed by atoms with E-state index in [4.69, 9.17) is 9.84 Å². The Balaban J connectivity index is 1.62. The lowest BCUT2D eigenvalue weighted by Crippen LogP contribution is -2.35. The van der Waals surface area contributed by atoms with Gasteiger partial charge in [0.05, 0.1) is 0 Å². The molecule has 1 saturated heterocycles. The maximum absolute atomic E-state index is 14.6. The molecule has 2 aliphatic rings. The molecule has 2 N–H and O–H groups in total. The quantitative estimate of drug-likeness (QED) is 0.884. The van der Waals surface area contributed by atoms with E-state index in [1.54, 1.807) is 13.0 Å². The predicted molar refractivity (Wildman–Crippen MR) is 85.0 cm³/mol. The number of nitrogens with one attached hydrogen (secondary N) is 1. The lowest BCUT2D eigenvalue weighted by atomic mass is 9.90. The van der Waals surface area contributed by atoms with Crippen LogP contribution in [0.2, 0.25) is 0 Å².